The molecule has 4 aromatic heterocycles. The van der Waals surface area contributed by atoms with E-state index in [1.165, 1.54) is 17.8 Å². The Morgan fingerprint density at radius 3 is 2.82 bits per heavy atom. The van der Waals surface area contributed by atoms with Crippen molar-refractivity contribution in [1.29, 1.82) is 0 Å². The number of aromatic nitrogens is 4. The zero-order chi connectivity index (χ0) is 19.3. The van der Waals surface area contributed by atoms with E-state index in [1.54, 1.807) is 24.5 Å². The maximum Gasteiger partial charge on any atom is 0.229 e. The molecule has 28 heavy (non-hydrogen) atoms. The van der Waals surface area contributed by atoms with Gasteiger partial charge in [-0.1, -0.05) is 23.9 Å². The Hall–Kier alpha value is -3.13. The maximum atomic E-state index is 14.0. The molecule has 5 aromatic rings. The van der Waals surface area contributed by atoms with Crippen LogP contribution in [0.4, 0.5) is 4.39 Å². The van der Waals surface area contributed by atoms with E-state index in [1.807, 2.05) is 30.4 Å². The first kappa shape index (κ1) is 17.0. The van der Waals surface area contributed by atoms with Gasteiger partial charge in [-0.05, 0) is 26.0 Å². The average Bonchev–Trinajstić information content (AvgIpc) is 3.32. The van der Waals surface area contributed by atoms with E-state index in [-0.39, 0.29) is 11.7 Å². The fourth-order valence-corrected chi connectivity index (χ4v) is 4.11. The Morgan fingerprint density at radius 2 is 1.96 bits per heavy atom. The van der Waals surface area contributed by atoms with Crippen LogP contribution in [-0.4, -0.2) is 19.6 Å². The molecule has 4 heterocycles. The minimum atomic E-state index is -0.357. The van der Waals surface area contributed by atoms with Gasteiger partial charge in [0.1, 0.15) is 28.7 Å². The van der Waals surface area contributed by atoms with Crippen LogP contribution in [0.1, 0.15) is 17.2 Å². The second kappa shape index (κ2) is 6.49. The van der Waals surface area contributed by atoms with Gasteiger partial charge in [-0.15, -0.1) is 10.2 Å². The van der Waals surface area contributed by atoms with E-state index in [0.717, 1.165) is 33.1 Å². The molecular weight excluding hydrogens is 379 g/mol. The van der Waals surface area contributed by atoms with Crippen molar-refractivity contribution >= 4 is 28.4 Å². The Balaban J connectivity index is 1.45. The van der Waals surface area contributed by atoms with Gasteiger partial charge in [0.15, 0.2) is 5.58 Å². The van der Waals surface area contributed by atoms with Crippen molar-refractivity contribution in [2.45, 2.75) is 24.6 Å². The summed E-state index contributed by atoms with van der Waals surface area (Å²) in [5.41, 5.74) is 3.78. The minimum Gasteiger partial charge on any atom is -0.460 e. The van der Waals surface area contributed by atoms with E-state index in [0.29, 0.717) is 17.1 Å². The molecule has 5 rings (SSSR count). The molecule has 0 atom stereocenters. The van der Waals surface area contributed by atoms with Crippen LogP contribution in [0.2, 0.25) is 0 Å². The molecule has 0 aliphatic carbocycles. The smallest absolute Gasteiger partial charge is 0.229 e. The molecule has 0 saturated carbocycles. The molecule has 0 aliphatic rings. The second-order valence-electron chi connectivity index (χ2n) is 6.43. The van der Waals surface area contributed by atoms with Gasteiger partial charge in [0.05, 0.1) is 22.3 Å². The second-order valence-corrected chi connectivity index (χ2v) is 7.40. The van der Waals surface area contributed by atoms with Crippen LogP contribution in [0.25, 0.3) is 28.1 Å². The number of benzene rings is 1. The molecule has 0 spiro atoms. The topological polar surface area (TPSA) is 69.4 Å². The molecule has 0 unspecified atom stereocenters. The summed E-state index contributed by atoms with van der Waals surface area (Å²) >= 11 is 1.50. The van der Waals surface area contributed by atoms with Gasteiger partial charge >= 0.3 is 0 Å². The van der Waals surface area contributed by atoms with Crippen molar-refractivity contribution in [2.75, 3.05) is 0 Å². The predicted octanol–water partition coefficient (Wildman–Crippen LogP) is 5.18. The molecule has 0 bridgehead atoms. The maximum absolute atomic E-state index is 14.0. The molecule has 6 nitrogen and oxygen atoms in total. The number of nitrogens with zero attached hydrogens (tertiary/aromatic N) is 4. The van der Waals surface area contributed by atoms with Gasteiger partial charge in [-0.2, -0.15) is 0 Å². The Labute approximate surface area is 163 Å². The number of thioether (sulfide) groups is 1. The monoisotopic (exact) mass is 394 g/mol. The van der Waals surface area contributed by atoms with Crippen LogP contribution >= 0.6 is 11.8 Å². The quantitative estimate of drug-likeness (QED) is 0.391. The van der Waals surface area contributed by atoms with Gasteiger partial charge in [0, 0.05) is 17.9 Å². The number of aryl methyl sites for hydroxylation is 2. The normalized spacial score (nSPS) is 11.7. The SMILES string of the molecule is Cc1cc2c(cc3c(SCc4nc(-c5ccccc5F)oc4C)nncn32)o1. The molecule has 8 heteroatoms. The summed E-state index contributed by atoms with van der Waals surface area (Å²) in [5.74, 6) is 1.97. The zero-order valence-electron chi connectivity index (χ0n) is 15.1. The lowest BCUT2D eigenvalue weighted by atomic mass is 10.2. The van der Waals surface area contributed by atoms with Crippen LogP contribution < -0.4 is 0 Å². The van der Waals surface area contributed by atoms with E-state index in [9.17, 15) is 4.39 Å². The number of hydrogen-bond donors (Lipinski definition) is 0. The van der Waals surface area contributed by atoms with Gasteiger partial charge < -0.3 is 8.83 Å². The number of furan rings is 1. The molecule has 1 aromatic carbocycles. The van der Waals surface area contributed by atoms with E-state index in [4.69, 9.17) is 8.83 Å². The largest absolute Gasteiger partial charge is 0.460 e. The lowest BCUT2D eigenvalue weighted by Crippen LogP contribution is -1.94. The van der Waals surface area contributed by atoms with Crippen molar-refractivity contribution in [3.05, 3.63) is 65.8 Å². The summed E-state index contributed by atoms with van der Waals surface area (Å²) in [6.07, 6.45) is 1.67. The molecule has 140 valence electrons. The first-order chi connectivity index (χ1) is 13.6. The third kappa shape index (κ3) is 2.77. The summed E-state index contributed by atoms with van der Waals surface area (Å²) in [6.45, 7) is 3.74. The highest BCUT2D eigenvalue weighted by Gasteiger charge is 2.17. The highest BCUT2D eigenvalue weighted by Crippen LogP contribution is 2.32. The van der Waals surface area contributed by atoms with Crippen LogP contribution in [0.5, 0.6) is 0 Å². The van der Waals surface area contributed by atoms with Crippen molar-refractivity contribution < 1.29 is 13.2 Å². The van der Waals surface area contributed by atoms with E-state index >= 15 is 0 Å². The van der Waals surface area contributed by atoms with Crippen molar-refractivity contribution in [2.24, 2.45) is 0 Å². The molecule has 0 N–H and O–H groups in total. The van der Waals surface area contributed by atoms with Gasteiger partial charge in [0.2, 0.25) is 5.89 Å². The molecule has 0 aliphatic heterocycles. The minimum absolute atomic E-state index is 0.283. The van der Waals surface area contributed by atoms with E-state index in [2.05, 4.69) is 15.2 Å². The molecule has 0 saturated heterocycles. The van der Waals surface area contributed by atoms with Gasteiger partial charge in [0.25, 0.3) is 0 Å². The van der Waals surface area contributed by atoms with Crippen molar-refractivity contribution in [3.8, 4) is 11.5 Å². The van der Waals surface area contributed by atoms with Crippen LogP contribution in [-0.2, 0) is 5.75 Å². The Bertz CT molecular complexity index is 1320. The van der Waals surface area contributed by atoms with Gasteiger partial charge in [-0.25, -0.2) is 9.37 Å². The zero-order valence-corrected chi connectivity index (χ0v) is 16.0. The highest BCUT2D eigenvalue weighted by molar-refractivity contribution is 7.98. The fourth-order valence-electron chi connectivity index (χ4n) is 3.16. The number of rotatable bonds is 4. The molecule has 0 amide bonds. The summed E-state index contributed by atoms with van der Waals surface area (Å²) in [6, 6.07) is 10.4. The van der Waals surface area contributed by atoms with Gasteiger partial charge in [-0.3, -0.25) is 4.40 Å². The first-order valence-corrected chi connectivity index (χ1v) is 9.65. The Morgan fingerprint density at radius 1 is 1.11 bits per heavy atom. The highest BCUT2D eigenvalue weighted by atomic mass is 32.2. The van der Waals surface area contributed by atoms with Crippen LogP contribution in [0.15, 0.2) is 56.6 Å². The lowest BCUT2D eigenvalue weighted by molar-refractivity contribution is 0.533. The lowest BCUT2D eigenvalue weighted by Gasteiger charge is -2.01. The third-order valence-electron chi connectivity index (χ3n) is 4.53. The standard InChI is InChI=1S/C20H15FN4O2S/c1-11-7-16-18(26-11)8-17-20(24-22-10-25(16)17)28-9-15-12(2)27-19(23-15)13-5-3-4-6-14(13)21/h3-8,10H,9H2,1-2H3. The summed E-state index contributed by atoms with van der Waals surface area (Å²) in [7, 11) is 0. The fraction of sp³-hybridized carbons (Fsp3) is 0.150. The average molecular weight is 394 g/mol. The van der Waals surface area contributed by atoms with Crippen LogP contribution in [0, 0.1) is 19.7 Å². The molecule has 0 fully saturated rings. The summed E-state index contributed by atoms with van der Waals surface area (Å²) < 4.78 is 27.4. The first-order valence-electron chi connectivity index (χ1n) is 8.67. The van der Waals surface area contributed by atoms with Crippen molar-refractivity contribution in [1.82, 2.24) is 19.6 Å². The molecule has 0 radical (unpaired) electrons. The summed E-state index contributed by atoms with van der Waals surface area (Å²) in [4.78, 5) is 4.48. The molecular formula is C20H15FN4O2S. The predicted molar refractivity (Wildman–Crippen MR) is 104 cm³/mol. The van der Waals surface area contributed by atoms with E-state index < -0.39 is 0 Å². The summed E-state index contributed by atoms with van der Waals surface area (Å²) in [5, 5.41) is 9.13. The number of fused-ring (bicyclic) bond motifs is 3. The third-order valence-corrected chi connectivity index (χ3v) is 5.51. The Kier molecular flexibility index (Phi) is 3.94. The number of oxazole rings is 1. The van der Waals surface area contributed by atoms with Crippen LogP contribution in [0.3, 0.4) is 0 Å². The number of halogens is 1. The van der Waals surface area contributed by atoms with Crippen molar-refractivity contribution in [3.63, 3.8) is 0 Å². The number of hydrogen-bond acceptors (Lipinski definition) is 6.